The summed E-state index contributed by atoms with van der Waals surface area (Å²) in [5.74, 6) is -2.65. The van der Waals surface area contributed by atoms with E-state index in [0.717, 1.165) is 12.1 Å². The predicted octanol–water partition coefficient (Wildman–Crippen LogP) is 5.11. The molecule has 0 bridgehead atoms. The Bertz CT molecular complexity index is 662. The van der Waals surface area contributed by atoms with Crippen molar-refractivity contribution in [1.82, 2.24) is 5.32 Å². The lowest BCUT2D eigenvalue weighted by Crippen LogP contribution is -2.23. The van der Waals surface area contributed by atoms with Gasteiger partial charge in [-0.1, -0.05) is 42.3 Å². The summed E-state index contributed by atoms with van der Waals surface area (Å²) in [6, 6.07) is 5.57. The average molecular weight is 334 g/mol. The van der Waals surface area contributed by atoms with Crippen LogP contribution in [0, 0.1) is 17.5 Å². The molecule has 1 atom stereocenters. The number of halogens is 5. The number of benzene rings is 2. The van der Waals surface area contributed by atoms with E-state index in [4.69, 9.17) is 23.2 Å². The highest BCUT2D eigenvalue weighted by atomic mass is 35.5. The maximum absolute atomic E-state index is 13.6. The summed E-state index contributed by atoms with van der Waals surface area (Å²) >= 11 is 12.0. The zero-order chi connectivity index (χ0) is 15.6. The van der Waals surface area contributed by atoms with Crippen LogP contribution in [0.15, 0.2) is 30.3 Å². The summed E-state index contributed by atoms with van der Waals surface area (Å²) in [6.07, 6.45) is 0. The Morgan fingerprint density at radius 2 is 1.67 bits per heavy atom. The van der Waals surface area contributed by atoms with Crippen molar-refractivity contribution in [3.8, 4) is 0 Å². The van der Waals surface area contributed by atoms with Crippen LogP contribution >= 0.6 is 23.2 Å². The topological polar surface area (TPSA) is 12.0 Å². The van der Waals surface area contributed by atoms with Gasteiger partial charge in [0.05, 0.1) is 11.1 Å². The van der Waals surface area contributed by atoms with E-state index in [1.54, 1.807) is 6.07 Å². The molecular weight excluding hydrogens is 322 g/mol. The van der Waals surface area contributed by atoms with E-state index in [-0.39, 0.29) is 10.0 Å². The molecule has 2 rings (SSSR count). The fourth-order valence-corrected chi connectivity index (χ4v) is 2.59. The quantitative estimate of drug-likeness (QED) is 0.766. The fraction of sp³-hybridized carbons (Fsp3) is 0.200. The minimum atomic E-state index is -1.04. The molecule has 0 radical (unpaired) electrons. The molecule has 0 heterocycles. The molecule has 0 fully saturated rings. The third-order valence-corrected chi connectivity index (χ3v) is 3.78. The molecule has 6 heteroatoms. The second-order valence-corrected chi connectivity index (χ2v) is 5.21. The van der Waals surface area contributed by atoms with E-state index in [9.17, 15) is 13.2 Å². The molecule has 1 nitrogen and oxygen atoms in total. The van der Waals surface area contributed by atoms with Crippen molar-refractivity contribution in [3.63, 3.8) is 0 Å². The van der Waals surface area contributed by atoms with Crippen molar-refractivity contribution < 1.29 is 13.2 Å². The summed E-state index contributed by atoms with van der Waals surface area (Å²) in [7, 11) is 0. The molecule has 21 heavy (non-hydrogen) atoms. The molecule has 0 saturated carbocycles. The van der Waals surface area contributed by atoms with Crippen LogP contribution in [0.2, 0.25) is 10.0 Å². The van der Waals surface area contributed by atoms with Gasteiger partial charge in [0.15, 0.2) is 11.6 Å². The first-order valence-electron chi connectivity index (χ1n) is 6.27. The standard InChI is InChI=1S/C15H12Cl2F3N/c1-2-21-15(8-4-3-5-11(18)14(8)17)9-6-12(19)13(20)7-10(9)16/h3-7,15,21H,2H2,1H3. The minimum absolute atomic E-state index is 0.0418. The van der Waals surface area contributed by atoms with Crippen LogP contribution in [0.1, 0.15) is 24.1 Å². The Hall–Kier alpha value is -1.23. The number of nitrogens with one attached hydrogen (secondary N) is 1. The highest BCUT2D eigenvalue weighted by Crippen LogP contribution is 2.34. The lowest BCUT2D eigenvalue weighted by molar-refractivity contribution is 0.504. The van der Waals surface area contributed by atoms with Crippen LogP contribution in [-0.2, 0) is 0 Å². The van der Waals surface area contributed by atoms with Crippen molar-refractivity contribution in [2.24, 2.45) is 0 Å². The second-order valence-electron chi connectivity index (χ2n) is 4.42. The number of hydrogen-bond donors (Lipinski definition) is 1. The summed E-state index contributed by atoms with van der Waals surface area (Å²) in [6.45, 7) is 2.33. The van der Waals surface area contributed by atoms with Crippen molar-refractivity contribution in [1.29, 1.82) is 0 Å². The first-order valence-corrected chi connectivity index (χ1v) is 7.03. The van der Waals surface area contributed by atoms with Crippen molar-refractivity contribution >= 4 is 23.2 Å². The third kappa shape index (κ3) is 3.34. The highest BCUT2D eigenvalue weighted by molar-refractivity contribution is 6.32. The summed E-state index contributed by atoms with van der Waals surface area (Å²) in [4.78, 5) is 0. The van der Waals surface area contributed by atoms with Gasteiger partial charge in [-0.05, 0) is 35.9 Å². The van der Waals surface area contributed by atoms with Crippen molar-refractivity contribution in [2.75, 3.05) is 6.54 Å². The van der Waals surface area contributed by atoms with E-state index in [2.05, 4.69) is 5.32 Å². The molecule has 2 aromatic carbocycles. The van der Waals surface area contributed by atoms with Gasteiger partial charge in [0.2, 0.25) is 0 Å². The van der Waals surface area contributed by atoms with Crippen LogP contribution in [0.3, 0.4) is 0 Å². The number of hydrogen-bond acceptors (Lipinski definition) is 1. The van der Waals surface area contributed by atoms with E-state index in [0.29, 0.717) is 17.7 Å². The summed E-state index contributed by atoms with van der Waals surface area (Å²) < 4.78 is 40.3. The number of rotatable bonds is 4. The zero-order valence-corrected chi connectivity index (χ0v) is 12.6. The Morgan fingerprint density at radius 1 is 1.00 bits per heavy atom. The molecule has 0 amide bonds. The first-order chi connectivity index (χ1) is 9.95. The molecule has 1 unspecified atom stereocenters. The molecule has 0 aliphatic heterocycles. The molecule has 0 aromatic heterocycles. The van der Waals surface area contributed by atoms with Gasteiger partial charge in [0.1, 0.15) is 5.82 Å². The second kappa shape index (κ2) is 6.69. The average Bonchev–Trinajstić information content (AvgIpc) is 2.44. The zero-order valence-electron chi connectivity index (χ0n) is 11.1. The SMILES string of the molecule is CCNC(c1cc(F)c(F)cc1Cl)c1cccc(F)c1Cl. The third-order valence-electron chi connectivity index (χ3n) is 3.05. The van der Waals surface area contributed by atoms with Crippen LogP contribution in [0.25, 0.3) is 0 Å². The molecule has 0 aliphatic carbocycles. The van der Waals surface area contributed by atoms with Gasteiger partial charge in [-0.15, -0.1) is 0 Å². The largest absolute Gasteiger partial charge is 0.306 e. The van der Waals surface area contributed by atoms with Gasteiger partial charge in [0, 0.05) is 5.02 Å². The Labute approximate surface area is 130 Å². The van der Waals surface area contributed by atoms with Gasteiger partial charge in [0.25, 0.3) is 0 Å². The Kier molecular flexibility index (Phi) is 5.14. The molecule has 0 saturated heterocycles. The van der Waals surface area contributed by atoms with Crippen molar-refractivity contribution in [2.45, 2.75) is 13.0 Å². The molecule has 112 valence electrons. The molecular formula is C15H12Cl2F3N. The van der Waals surface area contributed by atoms with Gasteiger partial charge < -0.3 is 5.32 Å². The minimum Gasteiger partial charge on any atom is -0.306 e. The van der Waals surface area contributed by atoms with E-state index in [1.807, 2.05) is 6.92 Å². The summed E-state index contributed by atoms with van der Waals surface area (Å²) in [5.41, 5.74) is 0.705. The fourth-order valence-electron chi connectivity index (χ4n) is 2.09. The maximum atomic E-state index is 13.6. The molecule has 0 aliphatic rings. The van der Waals surface area contributed by atoms with E-state index < -0.39 is 23.5 Å². The predicted molar refractivity (Wildman–Crippen MR) is 78.3 cm³/mol. The van der Waals surface area contributed by atoms with Crippen LogP contribution < -0.4 is 5.32 Å². The lowest BCUT2D eigenvalue weighted by atomic mass is 9.98. The van der Waals surface area contributed by atoms with Gasteiger partial charge in [-0.3, -0.25) is 0 Å². The summed E-state index contributed by atoms with van der Waals surface area (Å²) in [5, 5.41) is 3.01. The van der Waals surface area contributed by atoms with Crippen LogP contribution in [0.4, 0.5) is 13.2 Å². The van der Waals surface area contributed by atoms with Gasteiger partial charge in [-0.25, -0.2) is 13.2 Å². The first kappa shape index (κ1) is 16.1. The van der Waals surface area contributed by atoms with Crippen LogP contribution in [0.5, 0.6) is 0 Å². The van der Waals surface area contributed by atoms with Crippen molar-refractivity contribution in [3.05, 3.63) is 69.0 Å². The molecule has 1 N–H and O–H groups in total. The maximum Gasteiger partial charge on any atom is 0.160 e. The van der Waals surface area contributed by atoms with Gasteiger partial charge >= 0.3 is 0 Å². The normalized spacial score (nSPS) is 12.5. The Morgan fingerprint density at radius 3 is 2.33 bits per heavy atom. The smallest absolute Gasteiger partial charge is 0.160 e. The molecule has 2 aromatic rings. The monoisotopic (exact) mass is 333 g/mol. The van der Waals surface area contributed by atoms with Crippen LogP contribution in [-0.4, -0.2) is 6.54 Å². The Balaban J connectivity index is 2.59. The highest BCUT2D eigenvalue weighted by Gasteiger charge is 2.22. The van der Waals surface area contributed by atoms with E-state index in [1.165, 1.54) is 12.1 Å². The molecule has 0 spiro atoms. The van der Waals surface area contributed by atoms with E-state index >= 15 is 0 Å². The lowest BCUT2D eigenvalue weighted by Gasteiger charge is -2.21. The van der Waals surface area contributed by atoms with Gasteiger partial charge in [-0.2, -0.15) is 0 Å².